The summed E-state index contributed by atoms with van der Waals surface area (Å²) in [7, 11) is 0. The second kappa shape index (κ2) is 8.36. The van der Waals surface area contributed by atoms with Crippen molar-refractivity contribution in [3.63, 3.8) is 0 Å². The summed E-state index contributed by atoms with van der Waals surface area (Å²) in [6, 6.07) is 15.0. The molecule has 0 aromatic heterocycles. The van der Waals surface area contributed by atoms with Crippen LogP contribution in [-0.2, 0) is 21.4 Å². The van der Waals surface area contributed by atoms with Gasteiger partial charge in [-0.1, -0.05) is 68.8 Å². The Hall–Kier alpha value is -2.33. The summed E-state index contributed by atoms with van der Waals surface area (Å²) < 4.78 is 0. The number of carbonyl (C=O) groups is 2. The van der Waals surface area contributed by atoms with E-state index in [1.807, 2.05) is 6.07 Å². The Morgan fingerprint density at radius 3 is 2.54 bits per heavy atom. The number of nitrogens with zero attached hydrogens (tertiary/aromatic N) is 1. The largest absolute Gasteiger partial charge is 0.352 e. The van der Waals surface area contributed by atoms with Crippen molar-refractivity contribution < 1.29 is 9.59 Å². The lowest BCUT2D eigenvalue weighted by molar-refractivity contribution is -0.143. The van der Waals surface area contributed by atoms with Gasteiger partial charge in [-0.2, -0.15) is 0 Å². The molecule has 0 bridgehead atoms. The number of aryl methyl sites for hydroxylation is 1. The molecular formula is C23H27ClN2O2. The van der Waals surface area contributed by atoms with Gasteiger partial charge < -0.3 is 10.2 Å². The van der Waals surface area contributed by atoms with Crippen LogP contribution in [0.1, 0.15) is 49.9 Å². The molecule has 1 heterocycles. The zero-order chi connectivity index (χ0) is 20.3. The Bertz CT molecular complexity index is 856. The number of halogens is 1. The highest BCUT2D eigenvalue weighted by Crippen LogP contribution is 2.27. The first-order valence-electron chi connectivity index (χ1n) is 9.68. The van der Waals surface area contributed by atoms with E-state index in [1.165, 1.54) is 5.56 Å². The first kappa shape index (κ1) is 20.4. The zero-order valence-electron chi connectivity index (χ0n) is 16.7. The number of carbonyl (C=O) groups excluding carboxylic acids is 2. The van der Waals surface area contributed by atoms with Crippen molar-refractivity contribution in [1.29, 1.82) is 0 Å². The highest BCUT2D eigenvalue weighted by atomic mass is 35.5. The lowest BCUT2D eigenvalue weighted by Crippen LogP contribution is -2.52. The molecule has 1 unspecified atom stereocenters. The van der Waals surface area contributed by atoms with Gasteiger partial charge in [-0.05, 0) is 40.7 Å². The fourth-order valence-electron chi connectivity index (χ4n) is 3.51. The highest BCUT2D eigenvalue weighted by Gasteiger charge is 2.34. The average molecular weight is 399 g/mol. The number of piperazine rings is 1. The smallest absolute Gasteiger partial charge is 0.247 e. The van der Waals surface area contributed by atoms with Crippen molar-refractivity contribution in [3.8, 4) is 0 Å². The van der Waals surface area contributed by atoms with Gasteiger partial charge in [-0.25, -0.2) is 0 Å². The molecule has 2 amide bonds. The van der Waals surface area contributed by atoms with Crippen LogP contribution in [0.25, 0.3) is 0 Å². The van der Waals surface area contributed by atoms with Crippen molar-refractivity contribution >= 4 is 23.4 Å². The lowest BCUT2D eigenvalue weighted by atomic mass is 9.86. The van der Waals surface area contributed by atoms with Crippen LogP contribution < -0.4 is 5.32 Å². The van der Waals surface area contributed by atoms with Gasteiger partial charge in [0, 0.05) is 24.5 Å². The molecule has 1 N–H and O–H groups in total. The molecule has 148 valence electrons. The SMILES string of the molecule is CC(C)(C)c1ccc(CCC(=O)N2CCNC(=O)C2c2cccc(Cl)c2)cc1. The first-order chi connectivity index (χ1) is 13.3. The van der Waals surface area contributed by atoms with Crippen molar-refractivity contribution in [2.24, 2.45) is 0 Å². The van der Waals surface area contributed by atoms with Gasteiger partial charge in [-0.3, -0.25) is 9.59 Å². The van der Waals surface area contributed by atoms with E-state index in [0.29, 0.717) is 31.0 Å². The monoisotopic (exact) mass is 398 g/mol. The molecule has 2 aromatic carbocycles. The molecule has 0 spiro atoms. The van der Waals surface area contributed by atoms with Crippen molar-refractivity contribution in [2.75, 3.05) is 13.1 Å². The minimum atomic E-state index is -0.622. The molecule has 1 aliphatic heterocycles. The minimum Gasteiger partial charge on any atom is -0.352 e. The van der Waals surface area contributed by atoms with E-state index in [4.69, 9.17) is 11.6 Å². The van der Waals surface area contributed by atoms with Gasteiger partial charge in [0.15, 0.2) is 0 Å². The van der Waals surface area contributed by atoms with E-state index < -0.39 is 6.04 Å². The third kappa shape index (κ3) is 4.74. The summed E-state index contributed by atoms with van der Waals surface area (Å²) in [6.07, 6.45) is 1.03. The van der Waals surface area contributed by atoms with Gasteiger partial charge in [0.2, 0.25) is 11.8 Å². The maximum Gasteiger partial charge on any atom is 0.247 e. The topological polar surface area (TPSA) is 49.4 Å². The maximum atomic E-state index is 12.9. The Kier molecular flexibility index (Phi) is 6.09. The predicted molar refractivity (Wildman–Crippen MR) is 112 cm³/mol. The Morgan fingerprint density at radius 2 is 1.89 bits per heavy atom. The Labute approximate surface area is 171 Å². The molecule has 1 saturated heterocycles. The standard InChI is InChI=1S/C23H27ClN2O2/c1-23(2,3)18-10-7-16(8-11-18)9-12-20(27)26-14-13-25-22(28)21(26)17-5-4-6-19(24)15-17/h4-8,10-11,15,21H,9,12-14H2,1-3H3,(H,25,28). The number of nitrogens with one attached hydrogen (secondary N) is 1. The highest BCUT2D eigenvalue weighted by molar-refractivity contribution is 6.30. The fraction of sp³-hybridized carbons (Fsp3) is 0.391. The third-order valence-electron chi connectivity index (χ3n) is 5.14. The summed E-state index contributed by atoms with van der Waals surface area (Å²) in [6.45, 7) is 7.53. The van der Waals surface area contributed by atoms with Crippen LogP contribution in [0.5, 0.6) is 0 Å². The second-order valence-electron chi connectivity index (χ2n) is 8.28. The van der Waals surface area contributed by atoms with Crippen LogP contribution >= 0.6 is 11.6 Å². The van der Waals surface area contributed by atoms with E-state index in [0.717, 1.165) is 11.1 Å². The average Bonchev–Trinajstić information content (AvgIpc) is 2.65. The molecule has 3 rings (SSSR count). The second-order valence-corrected chi connectivity index (χ2v) is 8.72. The molecule has 4 nitrogen and oxygen atoms in total. The summed E-state index contributed by atoms with van der Waals surface area (Å²) in [5.41, 5.74) is 3.26. The molecule has 28 heavy (non-hydrogen) atoms. The summed E-state index contributed by atoms with van der Waals surface area (Å²) in [4.78, 5) is 27.1. The molecule has 1 fully saturated rings. The number of amides is 2. The lowest BCUT2D eigenvalue weighted by Gasteiger charge is -2.35. The molecular weight excluding hydrogens is 372 g/mol. The summed E-state index contributed by atoms with van der Waals surface area (Å²) in [5.74, 6) is -0.170. The third-order valence-corrected chi connectivity index (χ3v) is 5.38. The van der Waals surface area contributed by atoms with E-state index >= 15 is 0 Å². The molecule has 0 saturated carbocycles. The van der Waals surface area contributed by atoms with Crippen LogP contribution in [0.4, 0.5) is 0 Å². The quantitative estimate of drug-likeness (QED) is 0.836. The van der Waals surface area contributed by atoms with Crippen molar-refractivity contribution in [2.45, 2.75) is 45.1 Å². The maximum absolute atomic E-state index is 12.9. The molecule has 1 aliphatic rings. The predicted octanol–water partition coefficient (Wildman–Crippen LogP) is 4.27. The van der Waals surface area contributed by atoms with Gasteiger partial charge in [-0.15, -0.1) is 0 Å². The zero-order valence-corrected chi connectivity index (χ0v) is 17.4. The van der Waals surface area contributed by atoms with E-state index in [-0.39, 0.29) is 17.2 Å². The minimum absolute atomic E-state index is 0.0141. The van der Waals surface area contributed by atoms with Gasteiger partial charge >= 0.3 is 0 Å². The number of hydrogen-bond donors (Lipinski definition) is 1. The van der Waals surface area contributed by atoms with Gasteiger partial charge in [0.05, 0.1) is 0 Å². The van der Waals surface area contributed by atoms with E-state index in [9.17, 15) is 9.59 Å². The van der Waals surface area contributed by atoms with Crippen molar-refractivity contribution in [1.82, 2.24) is 10.2 Å². The van der Waals surface area contributed by atoms with Crippen LogP contribution in [-0.4, -0.2) is 29.8 Å². The molecule has 2 aromatic rings. The van der Waals surface area contributed by atoms with Gasteiger partial charge in [0.25, 0.3) is 0 Å². The van der Waals surface area contributed by atoms with Crippen LogP contribution in [0.15, 0.2) is 48.5 Å². The van der Waals surface area contributed by atoms with Crippen LogP contribution in [0, 0.1) is 0 Å². The number of hydrogen-bond acceptors (Lipinski definition) is 2. The molecule has 0 aliphatic carbocycles. The Balaban J connectivity index is 1.70. The van der Waals surface area contributed by atoms with Crippen LogP contribution in [0.3, 0.4) is 0 Å². The van der Waals surface area contributed by atoms with Crippen molar-refractivity contribution in [3.05, 3.63) is 70.2 Å². The Morgan fingerprint density at radius 1 is 1.18 bits per heavy atom. The van der Waals surface area contributed by atoms with E-state index in [1.54, 1.807) is 23.1 Å². The first-order valence-corrected chi connectivity index (χ1v) is 10.1. The van der Waals surface area contributed by atoms with Crippen LogP contribution in [0.2, 0.25) is 5.02 Å². The summed E-state index contributed by atoms with van der Waals surface area (Å²) in [5, 5.41) is 3.41. The molecule has 5 heteroatoms. The summed E-state index contributed by atoms with van der Waals surface area (Å²) >= 11 is 6.09. The number of benzene rings is 2. The van der Waals surface area contributed by atoms with E-state index in [2.05, 4.69) is 50.4 Å². The molecule has 1 atom stereocenters. The van der Waals surface area contributed by atoms with Gasteiger partial charge in [0.1, 0.15) is 6.04 Å². The normalized spacial score (nSPS) is 17.4. The number of rotatable bonds is 4. The fourth-order valence-corrected chi connectivity index (χ4v) is 3.71. The molecule has 0 radical (unpaired) electrons.